The molecular weight excluding hydrogens is 422 g/mol. The predicted molar refractivity (Wildman–Crippen MR) is 116 cm³/mol. The molecule has 1 saturated heterocycles. The van der Waals surface area contributed by atoms with Crippen molar-refractivity contribution < 1.29 is 18.4 Å². The smallest absolute Gasteiger partial charge is 0.227 e. The number of hydrogen-bond acceptors (Lipinski definition) is 5. The number of rotatable bonds is 4. The fraction of sp³-hybridized carbons (Fsp3) is 0.500. The summed E-state index contributed by atoms with van der Waals surface area (Å²) in [5, 5.41) is 3.58. The molecule has 2 aliphatic rings. The van der Waals surface area contributed by atoms with Crippen molar-refractivity contribution in [2.45, 2.75) is 33.1 Å². The number of carbonyl (C=O) groups excluding carboxylic acids is 2. The normalized spacial score (nSPS) is 18.8. The largest absolute Gasteiger partial charge is 0.345 e. The molecule has 6 nitrogen and oxygen atoms in total. The van der Waals surface area contributed by atoms with Gasteiger partial charge in [-0.05, 0) is 31.4 Å². The Labute approximate surface area is 184 Å². The maximum absolute atomic E-state index is 13.4. The van der Waals surface area contributed by atoms with Gasteiger partial charge in [-0.25, -0.2) is 13.8 Å². The zero-order valence-corrected chi connectivity index (χ0v) is 18.5. The molecule has 1 aromatic heterocycles. The van der Waals surface area contributed by atoms with Gasteiger partial charge in [-0.1, -0.05) is 13.8 Å². The summed E-state index contributed by atoms with van der Waals surface area (Å²) in [5.74, 6) is -1.73. The highest BCUT2D eigenvalue weighted by molar-refractivity contribution is 7.15. The molecule has 1 atom stereocenters. The molecule has 0 spiro atoms. The van der Waals surface area contributed by atoms with Crippen LogP contribution in [0.2, 0.25) is 0 Å². The van der Waals surface area contributed by atoms with Crippen molar-refractivity contribution >= 4 is 34.0 Å². The van der Waals surface area contributed by atoms with E-state index in [1.54, 1.807) is 11.3 Å². The summed E-state index contributed by atoms with van der Waals surface area (Å²) in [7, 11) is 0. The van der Waals surface area contributed by atoms with Gasteiger partial charge >= 0.3 is 0 Å². The minimum absolute atomic E-state index is 0.00526. The Hall–Kier alpha value is -2.55. The number of anilines is 2. The first-order valence-corrected chi connectivity index (χ1v) is 11.4. The highest BCUT2D eigenvalue weighted by Gasteiger charge is 2.30. The van der Waals surface area contributed by atoms with Crippen molar-refractivity contribution in [3.8, 4) is 0 Å². The molecule has 2 heterocycles. The van der Waals surface area contributed by atoms with Crippen molar-refractivity contribution in [3.63, 3.8) is 0 Å². The number of carbonyl (C=O) groups is 2. The van der Waals surface area contributed by atoms with E-state index in [1.165, 1.54) is 0 Å². The molecule has 1 aliphatic carbocycles. The van der Waals surface area contributed by atoms with Crippen LogP contribution in [0.15, 0.2) is 18.2 Å². The number of piperazine rings is 1. The highest BCUT2D eigenvalue weighted by atomic mass is 32.1. The summed E-state index contributed by atoms with van der Waals surface area (Å²) in [5.41, 5.74) is 1.16. The van der Waals surface area contributed by atoms with Crippen molar-refractivity contribution in [1.82, 2.24) is 9.88 Å². The molecule has 4 rings (SSSR count). The lowest BCUT2D eigenvalue weighted by Crippen LogP contribution is -2.49. The van der Waals surface area contributed by atoms with Crippen LogP contribution in [-0.2, 0) is 22.4 Å². The second-order valence-corrected chi connectivity index (χ2v) is 9.48. The fourth-order valence-corrected chi connectivity index (χ4v) is 5.31. The van der Waals surface area contributed by atoms with Crippen molar-refractivity contribution in [3.05, 3.63) is 40.4 Å². The number of nitrogens with one attached hydrogen (secondary N) is 1. The van der Waals surface area contributed by atoms with E-state index in [2.05, 4.69) is 10.2 Å². The molecule has 1 aromatic carbocycles. The number of aryl methyl sites for hydroxylation is 1. The Kier molecular flexibility index (Phi) is 6.22. The Balaban J connectivity index is 1.37. The van der Waals surface area contributed by atoms with Crippen LogP contribution >= 0.6 is 11.3 Å². The molecule has 0 bridgehead atoms. The molecule has 166 valence electrons. The first-order chi connectivity index (χ1) is 14.8. The van der Waals surface area contributed by atoms with Gasteiger partial charge in [0, 0.05) is 54.6 Å². The molecule has 2 aromatic rings. The Bertz CT molecular complexity index is 966. The van der Waals surface area contributed by atoms with E-state index in [0.29, 0.717) is 32.4 Å². The predicted octanol–water partition coefficient (Wildman–Crippen LogP) is 3.47. The summed E-state index contributed by atoms with van der Waals surface area (Å²) < 4.78 is 26.8. The van der Waals surface area contributed by atoms with Gasteiger partial charge in [-0.3, -0.25) is 9.59 Å². The summed E-state index contributed by atoms with van der Waals surface area (Å²) in [6, 6.07) is 3.01. The summed E-state index contributed by atoms with van der Waals surface area (Å²) >= 11 is 1.60. The fourth-order valence-electron chi connectivity index (χ4n) is 4.07. The SMILES string of the molecule is CC(C)C(=O)N1CCN(c2nc3c(s2)CC(C(=O)Nc2cc(F)cc(F)c2)CC3)CC1. The van der Waals surface area contributed by atoms with E-state index in [9.17, 15) is 18.4 Å². The average Bonchev–Trinajstić information content (AvgIpc) is 3.16. The highest BCUT2D eigenvalue weighted by Crippen LogP contribution is 2.35. The molecule has 1 unspecified atom stereocenters. The lowest BCUT2D eigenvalue weighted by atomic mass is 9.90. The van der Waals surface area contributed by atoms with E-state index in [0.717, 1.165) is 47.0 Å². The van der Waals surface area contributed by atoms with Crippen molar-refractivity contribution in [2.75, 3.05) is 36.4 Å². The summed E-state index contributed by atoms with van der Waals surface area (Å²) in [6.45, 7) is 6.72. The van der Waals surface area contributed by atoms with Gasteiger partial charge in [0.25, 0.3) is 0 Å². The van der Waals surface area contributed by atoms with Crippen LogP contribution in [-0.4, -0.2) is 47.9 Å². The van der Waals surface area contributed by atoms with E-state index >= 15 is 0 Å². The molecule has 1 fully saturated rings. The maximum Gasteiger partial charge on any atom is 0.227 e. The number of fused-ring (bicyclic) bond motifs is 1. The van der Waals surface area contributed by atoms with Crippen LogP contribution in [0.25, 0.3) is 0 Å². The van der Waals surface area contributed by atoms with E-state index in [4.69, 9.17) is 4.98 Å². The maximum atomic E-state index is 13.4. The monoisotopic (exact) mass is 448 g/mol. The number of benzene rings is 1. The average molecular weight is 449 g/mol. The van der Waals surface area contributed by atoms with Crippen LogP contribution in [0.4, 0.5) is 19.6 Å². The van der Waals surface area contributed by atoms with Crippen molar-refractivity contribution in [2.24, 2.45) is 11.8 Å². The molecule has 31 heavy (non-hydrogen) atoms. The summed E-state index contributed by atoms with van der Waals surface area (Å²) in [4.78, 5) is 34.8. The lowest BCUT2D eigenvalue weighted by molar-refractivity contribution is -0.134. The zero-order chi connectivity index (χ0) is 22.1. The van der Waals surface area contributed by atoms with Gasteiger partial charge < -0.3 is 15.1 Å². The molecule has 2 amide bonds. The second-order valence-electron chi connectivity index (χ2n) is 8.42. The first kappa shape index (κ1) is 21.7. The molecule has 1 aliphatic heterocycles. The minimum atomic E-state index is -0.719. The number of nitrogens with zero attached hydrogens (tertiary/aromatic N) is 3. The van der Waals surface area contributed by atoms with Gasteiger partial charge in [0.15, 0.2) is 5.13 Å². The second kappa shape index (κ2) is 8.90. The number of hydrogen-bond donors (Lipinski definition) is 1. The van der Waals surface area contributed by atoms with Crippen LogP contribution in [0.3, 0.4) is 0 Å². The molecule has 9 heteroatoms. The van der Waals surface area contributed by atoms with Crippen LogP contribution in [0.1, 0.15) is 30.8 Å². The molecule has 1 N–H and O–H groups in total. The number of thiazole rings is 1. The lowest BCUT2D eigenvalue weighted by Gasteiger charge is -2.35. The van der Waals surface area contributed by atoms with E-state index < -0.39 is 11.6 Å². The molecular formula is C22H26F2N4O2S. The third-order valence-electron chi connectivity index (χ3n) is 5.79. The van der Waals surface area contributed by atoms with Gasteiger partial charge in [-0.15, -0.1) is 11.3 Å². The van der Waals surface area contributed by atoms with E-state index in [-0.39, 0.29) is 29.3 Å². The van der Waals surface area contributed by atoms with Gasteiger partial charge in [0.05, 0.1) is 5.69 Å². The van der Waals surface area contributed by atoms with Gasteiger partial charge in [-0.2, -0.15) is 0 Å². The Morgan fingerprint density at radius 3 is 2.45 bits per heavy atom. The Morgan fingerprint density at radius 1 is 1.13 bits per heavy atom. The third kappa shape index (κ3) is 4.87. The first-order valence-electron chi connectivity index (χ1n) is 10.6. The quantitative estimate of drug-likeness (QED) is 0.778. The number of amides is 2. The number of aromatic nitrogens is 1. The minimum Gasteiger partial charge on any atom is -0.345 e. The van der Waals surface area contributed by atoms with Gasteiger partial charge in [0.1, 0.15) is 11.6 Å². The van der Waals surface area contributed by atoms with Crippen LogP contribution < -0.4 is 10.2 Å². The standard InChI is InChI=1S/C22H26F2N4O2S/c1-13(2)21(30)27-5-7-28(8-6-27)22-26-18-4-3-14(9-19(18)31-22)20(29)25-17-11-15(23)10-16(24)12-17/h10-14H,3-9H2,1-2H3,(H,25,29). The molecule has 0 saturated carbocycles. The van der Waals surface area contributed by atoms with Crippen LogP contribution in [0, 0.1) is 23.5 Å². The van der Waals surface area contributed by atoms with Crippen LogP contribution in [0.5, 0.6) is 0 Å². The topological polar surface area (TPSA) is 65.5 Å². The van der Waals surface area contributed by atoms with Crippen molar-refractivity contribution in [1.29, 1.82) is 0 Å². The molecule has 0 radical (unpaired) electrons. The third-order valence-corrected chi connectivity index (χ3v) is 6.97. The Morgan fingerprint density at radius 2 is 1.81 bits per heavy atom. The van der Waals surface area contributed by atoms with E-state index in [1.807, 2.05) is 18.7 Å². The van der Waals surface area contributed by atoms with Gasteiger partial charge in [0.2, 0.25) is 11.8 Å². The zero-order valence-electron chi connectivity index (χ0n) is 17.7. The summed E-state index contributed by atoms with van der Waals surface area (Å²) in [6.07, 6.45) is 1.92. The number of halogens is 2.